The van der Waals surface area contributed by atoms with Crippen molar-refractivity contribution in [3.8, 4) is 6.07 Å². The van der Waals surface area contributed by atoms with Crippen molar-refractivity contribution in [3.05, 3.63) is 89.7 Å². The molecule has 0 aliphatic carbocycles. The van der Waals surface area contributed by atoms with E-state index in [0.29, 0.717) is 17.9 Å². The van der Waals surface area contributed by atoms with Gasteiger partial charge in [0, 0.05) is 55.5 Å². The zero-order valence-corrected chi connectivity index (χ0v) is 16.6. The lowest BCUT2D eigenvalue weighted by molar-refractivity contribution is 0.854. The highest BCUT2D eigenvalue weighted by Crippen LogP contribution is 2.32. The number of anilines is 2. The van der Waals surface area contributed by atoms with E-state index in [4.69, 9.17) is 0 Å². The number of nitriles is 1. The minimum absolute atomic E-state index is 0.107. The van der Waals surface area contributed by atoms with Gasteiger partial charge in [0.25, 0.3) is 0 Å². The Balaban J connectivity index is 1.72. The van der Waals surface area contributed by atoms with Gasteiger partial charge in [-0.1, -0.05) is 30.3 Å². The summed E-state index contributed by atoms with van der Waals surface area (Å²) in [5, 5.41) is 14.0. The van der Waals surface area contributed by atoms with E-state index in [2.05, 4.69) is 74.9 Å². The SMILES string of the molecule is CN(C)c1ccc([C@@H](CNc2ncccc2C#N)c2c[nH]c3ccccc23)cc1. The van der Waals surface area contributed by atoms with E-state index in [1.165, 1.54) is 16.5 Å². The number of H-pyrrole nitrogens is 1. The van der Waals surface area contributed by atoms with Gasteiger partial charge in [-0.15, -0.1) is 0 Å². The predicted molar refractivity (Wildman–Crippen MR) is 118 cm³/mol. The molecule has 4 aromatic rings. The molecule has 0 amide bonds. The summed E-state index contributed by atoms with van der Waals surface area (Å²) < 4.78 is 0. The van der Waals surface area contributed by atoms with Crippen LogP contribution in [-0.4, -0.2) is 30.6 Å². The van der Waals surface area contributed by atoms with Crippen LogP contribution in [0.3, 0.4) is 0 Å². The van der Waals surface area contributed by atoms with Crippen LogP contribution >= 0.6 is 0 Å². The number of hydrogen-bond acceptors (Lipinski definition) is 4. The Bertz CT molecular complexity index is 1150. The smallest absolute Gasteiger partial charge is 0.143 e. The van der Waals surface area contributed by atoms with E-state index in [1.807, 2.05) is 20.2 Å². The first kappa shape index (κ1) is 18.6. The number of fused-ring (bicyclic) bond motifs is 1. The van der Waals surface area contributed by atoms with Crippen LogP contribution in [0.2, 0.25) is 0 Å². The monoisotopic (exact) mass is 381 g/mol. The Morgan fingerprint density at radius 2 is 1.86 bits per heavy atom. The summed E-state index contributed by atoms with van der Waals surface area (Å²) in [6.07, 6.45) is 3.79. The second-order valence-electron chi connectivity index (χ2n) is 7.22. The molecule has 0 spiro atoms. The van der Waals surface area contributed by atoms with Gasteiger partial charge in [0.1, 0.15) is 11.9 Å². The average molecular weight is 381 g/mol. The standard InChI is InChI=1S/C24H23N5/c1-29(2)19-11-9-17(10-12-19)21(15-28-24-18(14-25)6-5-13-26-24)22-16-27-23-8-4-3-7-20(22)23/h3-13,16,21,27H,15H2,1-2H3,(H,26,28)/t21-/m1/s1. The fourth-order valence-corrected chi connectivity index (χ4v) is 3.63. The highest BCUT2D eigenvalue weighted by atomic mass is 15.1. The minimum atomic E-state index is 0.107. The molecule has 0 radical (unpaired) electrons. The minimum Gasteiger partial charge on any atom is -0.378 e. The maximum atomic E-state index is 9.37. The van der Waals surface area contributed by atoms with Crippen molar-refractivity contribution in [1.29, 1.82) is 5.26 Å². The third kappa shape index (κ3) is 3.78. The zero-order chi connectivity index (χ0) is 20.2. The van der Waals surface area contributed by atoms with E-state index in [9.17, 15) is 5.26 Å². The largest absolute Gasteiger partial charge is 0.378 e. The first-order valence-corrected chi connectivity index (χ1v) is 9.59. The highest BCUT2D eigenvalue weighted by molar-refractivity contribution is 5.84. The van der Waals surface area contributed by atoms with Gasteiger partial charge < -0.3 is 15.2 Å². The molecule has 0 unspecified atom stereocenters. The Hall–Kier alpha value is -3.78. The fraction of sp³-hybridized carbons (Fsp3) is 0.167. The van der Waals surface area contributed by atoms with Crippen LogP contribution in [0.5, 0.6) is 0 Å². The van der Waals surface area contributed by atoms with Crippen molar-refractivity contribution in [1.82, 2.24) is 9.97 Å². The number of nitrogens with one attached hydrogen (secondary N) is 2. The summed E-state index contributed by atoms with van der Waals surface area (Å²) in [5.74, 6) is 0.723. The van der Waals surface area contributed by atoms with Crippen molar-refractivity contribution in [2.75, 3.05) is 30.9 Å². The van der Waals surface area contributed by atoms with Gasteiger partial charge >= 0.3 is 0 Å². The van der Waals surface area contributed by atoms with Gasteiger partial charge in [-0.05, 0) is 41.5 Å². The molecule has 4 rings (SSSR count). The van der Waals surface area contributed by atoms with Crippen LogP contribution in [-0.2, 0) is 0 Å². The fourth-order valence-electron chi connectivity index (χ4n) is 3.63. The Kier molecular flexibility index (Phi) is 5.17. The lowest BCUT2D eigenvalue weighted by Crippen LogP contribution is -2.16. The molecular weight excluding hydrogens is 358 g/mol. The van der Waals surface area contributed by atoms with Gasteiger partial charge in [-0.25, -0.2) is 4.98 Å². The maximum Gasteiger partial charge on any atom is 0.143 e. The molecule has 5 nitrogen and oxygen atoms in total. The number of nitrogens with zero attached hydrogens (tertiary/aromatic N) is 3. The van der Waals surface area contributed by atoms with Crippen molar-refractivity contribution >= 4 is 22.4 Å². The average Bonchev–Trinajstić information content (AvgIpc) is 3.18. The summed E-state index contributed by atoms with van der Waals surface area (Å²) >= 11 is 0. The van der Waals surface area contributed by atoms with Crippen molar-refractivity contribution in [2.45, 2.75) is 5.92 Å². The van der Waals surface area contributed by atoms with E-state index in [1.54, 1.807) is 18.3 Å². The number of pyridine rings is 1. The number of aromatic amines is 1. The normalized spacial score (nSPS) is 11.8. The number of hydrogen-bond donors (Lipinski definition) is 2. The number of aromatic nitrogens is 2. The Labute approximate surface area is 170 Å². The molecule has 0 aliphatic heterocycles. The molecule has 29 heavy (non-hydrogen) atoms. The van der Waals surface area contributed by atoms with Gasteiger partial charge in [0.15, 0.2) is 0 Å². The van der Waals surface area contributed by atoms with E-state index in [0.717, 1.165) is 11.2 Å². The van der Waals surface area contributed by atoms with Crippen molar-refractivity contribution in [3.63, 3.8) is 0 Å². The third-order valence-corrected chi connectivity index (χ3v) is 5.21. The summed E-state index contributed by atoms with van der Waals surface area (Å²) in [5.41, 5.74) is 5.26. The predicted octanol–water partition coefficient (Wildman–Crippen LogP) is 4.74. The summed E-state index contributed by atoms with van der Waals surface area (Å²) in [4.78, 5) is 9.83. The number of benzene rings is 2. The second kappa shape index (κ2) is 8.07. The molecule has 2 heterocycles. The number of para-hydroxylation sites is 1. The first-order valence-electron chi connectivity index (χ1n) is 9.59. The summed E-state index contributed by atoms with van der Waals surface area (Å²) in [7, 11) is 4.08. The molecule has 0 bridgehead atoms. The molecule has 2 N–H and O–H groups in total. The third-order valence-electron chi connectivity index (χ3n) is 5.21. The summed E-state index contributed by atoms with van der Waals surface area (Å²) in [6, 6.07) is 22.7. The Morgan fingerprint density at radius 1 is 1.07 bits per heavy atom. The Morgan fingerprint density at radius 3 is 2.62 bits per heavy atom. The highest BCUT2D eigenvalue weighted by Gasteiger charge is 2.19. The van der Waals surface area contributed by atoms with Gasteiger partial charge in [0.2, 0.25) is 0 Å². The van der Waals surface area contributed by atoms with Crippen molar-refractivity contribution in [2.24, 2.45) is 0 Å². The lowest BCUT2D eigenvalue weighted by Gasteiger charge is -2.20. The van der Waals surface area contributed by atoms with Crippen LogP contribution in [0.15, 0.2) is 73.1 Å². The van der Waals surface area contributed by atoms with Gasteiger partial charge in [0.05, 0.1) is 5.56 Å². The van der Waals surface area contributed by atoms with Gasteiger partial charge in [-0.3, -0.25) is 0 Å². The van der Waals surface area contributed by atoms with Crippen LogP contribution < -0.4 is 10.2 Å². The van der Waals surface area contributed by atoms with Crippen molar-refractivity contribution < 1.29 is 0 Å². The first-order chi connectivity index (χ1) is 14.2. The van der Waals surface area contributed by atoms with Crippen LogP contribution in [0.25, 0.3) is 10.9 Å². The lowest BCUT2D eigenvalue weighted by atomic mass is 9.90. The number of rotatable bonds is 6. The molecule has 0 aliphatic rings. The second-order valence-corrected chi connectivity index (χ2v) is 7.22. The topological polar surface area (TPSA) is 67.7 Å². The van der Waals surface area contributed by atoms with E-state index < -0.39 is 0 Å². The molecule has 144 valence electrons. The zero-order valence-electron chi connectivity index (χ0n) is 16.6. The molecule has 0 saturated heterocycles. The molecule has 2 aromatic carbocycles. The maximum absolute atomic E-state index is 9.37. The molecule has 0 saturated carbocycles. The van der Waals surface area contributed by atoms with Gasteiger partial charge in [-0.2, -0.15) is 5.26 Å². The van der Waals surface area contributed by atoms with Crippen LogP contribution in [0, 0.1) is 11.3 Å². The molecule has 2 aromatic heterocycles. The molecule has 5 heteroatoms. The molecule has 1 atom stereocenters. The van der Waals surface area contributed by atoms with Crippen LogP contribution in [0.4, 0.5) is 11.5 Å². The van der Waals surface area contributed by atoms with E-state index in [-0.39, 0.29) is 5.92 Å². The molecule has 0 fully saturated rings. The quantitative estimate of drug-likeness (QED) is 0.506. The van der Waals surface area contributed by atoms with Crippen LogP contribution in [0.1, 0.15) is 22.6 Å². The molecular formula is C24H23N5. The summed E-state index contributed by atoms with van der Waals surface area (Å²) in [6.45, 7) is 0.634. The van der Waals surface area contributed by atoms with E-state index >= 15 is 0 Å².